The molecule has 3 aromatic rings. The van der Waals surface area contributed by atoms with E-state index >= 15 is 0 Å². The number of thiocarbonyl (C=S) groups is 1. The minimum atomic E-state index is -0.790. The van der Waals surface area contributed by atoms with Crippen LogP contribution in [0.5, 0.6) is 0 Å². The van der Waals surface area contributed by atoms with Gasteiger partial charge in [0.25, 0.3) is 0 Å². The van der Waals surface area contributed by atoms with Crippen LogP contribution in [0.1, 0.15) is 3.58 Å². The molecule has 0 unspecified atom stereocenters. The van der Waals surface area contributed by atoms with Gasteiger partial charge in [-0.15, -0.1) is 0 Å². The number of nitrogens with zero attached hydrogens (tertiary/aromatic N) is 1. The van der Waals surface area contributed by atoms with Crippen molar-refractivity contribution in [2.75, 3.05) is 4.90 Å². The van der Waals surface area contributed by atoms with Gasteiger partial charge in [-0.3, -0.25) is 0 Å². The number of benzene rings is 2. The summed E-state index contributed by atoms with van der Waals surface area (Å²) < 4.78 is 2.24. The van der Waals surface area contributed by atoms with Crippen LogP contribution in [0.25, 0.3) is 6.08 Å². The third kappa shape index (κ3) is 3.43. The second-order valence-corrected chi connectivity index (χ2v) is 11.0. The summed E-state index contributed by atoms with van der Waals surface area (Å²) in [6, 6.07) is 20.8. The molecule has 8 heteroatoms. The molecule has 0 aliphatic carbocycles. The number of rotatable bonds is 2. The molecule has 3 heterocycles. The molecule has 2 aliphatic rings. The molecule has 5 rings (SSSR count). The van der Waals surface area contributed by atoms with Gasteiger partial charge in [0.05, 0.1) is 0 Å². The Morgan fingerprint density at radius 3 is 2.07 bits per heavy atom. The molecule has 2 aromatic carbocycles. The number of hydrogen-bond donors (Lipinski definition) is 2. The van der Waals surface area contributed by atoms with Crippen molar-refractivity contribution in [1.29, 1.82) is 0 Å². The molecule has 2 aliphatic heterocycles. The van der Waals surface area contributed by atoms with Gasteiger partial charge in [0.2, 0.25) is 0 Å². The summed E-state index contributed by atoms with van der Waals surface area (Å²) in [5.41, 5.74) is 2.42. The fourth-order valence-electron chi connectivity index (χ4n) is 3.23. The van der Waals surface area contributed by atoms with Gasteiger partial charge in [-0.2, -0.15) is 0 Å². The van der Waals surface area contributed by atoms with Crippen molar-refractivity contribution in [3.05, 3.63) is 69.8 Å². The minimum absolute atomic E-state index is 0.0480. The van der Waals surface area contributed by atoms with Gasteiger partial charge in [0, 0.05) is 0 Å². The normalized spacial score (nSPS) is 15.4. The number of carbonyl (C=O) groups excluding carboxylic acids is 2. The van der Waals surface area contributed by atoms with E-state index in [2.05, 4.69) is 58.0 Å². The predicted octanol–water partition coefficient (Wildman–Crippen LogP) is 3.59. The molecule has 5 nitrogen and oxygen atoms in total. The van der Waals surface area contributed by atoms with Crippen molar-refractivity contribution in [1.82, 2.24) is 10.6 Å². The Balaban J connectivity index is 1.56. The summed E-state index contributed by atoms with van der Waals surface area (Å²) in [6.45, 7) is 0. The summed E-state index contributed by atoms with van der Waals surface area (Å²) in [7, 11) is 0. The van der Waals surface area contributed by atoms with Gasteiger partial charge >= 0.3 is 187 Å². The van der Waals surface area contributed by atoms with Crippen molar-refractivity contribution in [3.63, 3.8) is 0 Å². The molecule has 1 fully saturated rings. The standard InChI is InChI=1S/C21H13N3O2S2Te/c25-19-13(20(26)23-21(27)22-19)11-12-9-10-18(29-12)24-14-5-1-3-7-16(14)28-17-8-4-2-6-15(17)24/h1-11H,(H2,22,23,25,26,27). The third-order valence-electron chi connectivity index (χ3n) is 4.50. The molecule has 29 heavy (non-hydrogen) atoms. The topological polar surface area (TPSA) is 61.4 Å². The second-order valence-electron chi connectivity index (χ2n) is 6.34. The first-order chi connectivity index (χ1) is 14.1. The van der Waals surface area contributed by atoms with Gasteiger partial charge in [-0.05, 0) is 0 Å². The molecule has 2 N–H and O–H groups in total. The number of fused-ring (bicyclic) bond motifs is 2. The van der Waals surface area contributed by atoms with Gasteiger partial charge in [0.15, 0.2) is 0 Å². The zero-order valence-corrected chi connectivity index (χ0v) is 18.8. The predicted molar refractivity (Wildman–Crippen MR) is 119 cm³/mol. The van der Waals surface area contributed by atoms with Crippen LogP contribution < -0.4 is 15.5 Å². The Morgan fingerprint density at radius 2 is 1.45 bits per heavy atom. The summed E-state index contributed by atoms with van der Waals surface area (Å²) in [5, 5.41) is 5.02. The van der Waals surface area contributed by atoms with Crippen LogP contribution in [0.15, 0.2) is 76.0 Å². The SMILES string of the molecule is O=C1NC(=S)NC(=O)C1=Cc1ccc(N2c3ccccc3Sc3ccccc32)[te]1. The second kappa shape index (κ2) is 7.47. The Morgan fingerprint density at radius 1 is 0.862 bits per heavy atom. The van der Waals surface area contributed by atoms with Gasteiger partial charge in [-0.1, -0.05) is 0 Å². The number of anilines is 3. The molecule has 0 radical (unpaired) electrons. The van der Waals surface area contributed by atoms with E-state index in [4.69, 9.17) is 12.2 Å². The van der Waals surface area contributed by atoms with Gasteiger partial charge in [-0.25, -0.2) is 0 Å². The van der Waals surface area contributed by atoms with Gasteiger partial charge in [0.1, 0.15) is 0 Å². The molecule has 2 amide bonds. The maximum atomic E-state index is 12.1. The van der Waals surface area contributed by atoms with E-state index in [0.29, 0.717) is 0 Å². The number of amides is 2. The zero-order valence-electron chi connectivity index (χ0n) is 14.8. The van der Waals surface area contributed by atoms with E-state index in [0.717, 1.165) is 15.0 Å². The molecule has 0 bridgehead atoms. The van der Waals surface area contributed by atoms with E-state index < -0.39 is 32.2 Å². The quantitative estimate of drug-likeness (QED) is 0.179. The van der Waals surface area contributed by atoms with Crippen LogP contribution in [0.3, 0.4) is 0 Å². The Hall–Kier alpha value is -2.37. The molecule has 0 atom stereocenters. The molecule has 0 saturated carbocycles. The van der Waals surface area contributed by atoms with E-state index in [1.54, 1.807) is 17.8 Å². The first kappa shape index (κ1) is 18.6. The Bertz CT molecular complexity index is 1150. The van der Waals surface area contributed by atoms with Crippen LogP contribution in [-0.2, 0) is 9.59 Å². The van der Waals surface area contributed by atoms with E-state index in [-0.39, 0.29) is 10.7 Å². The molecular formula is C21H13N3O2S2Te. The van der Waals surface area contributed by atoms with E-state index in [1.165, 1.54) is 13.5 Å². The summed E-state index contributed by atoms with van der Waals surface area (Å²) >= 11 is 5.84. The van der Waals surface area contributed by atoms with Crippen LogP contribution in [0.2, 0.25) is 0 Å². The molecule has 1 saturated heterocycles. The first-order valence-corrected chi connectivity index (χ1v) is 12.3. The van der Waals surface area contributed by atoms with Crippen molar-refractivity contribution in [3.8, 4) is 0 Å². The average molecular weight is 531 g/mol. The van der Waals surface area contributed by atoms with E-state index in [1.807, 2.05) is 18.2 Å². The molecule has 0 spiro atoms. The first-order valence-electron chi connectivity index (χ1n) is 8.74. The maximum absolute atomic E-state index is 12.1. The molecule has 1 aromatic heterocycles. The number of carbonyl (C=O) groups is 2. The van der Waals surface area contributed by atoms with Crippen LogP contribution >= 0.6 is 24.0 Å². The van der Waals surface area contributed by atoms with Crippen LogP contribution in [-0.4, -0.2) is 37.4 Å². The number of para-hydroxylation sites is 2. The van der Waals surface area contributed by atoms with Crippen molar-refractivity contribution < 1.29 is 9.59 Å². The van der Waals surface area contributed by atoms with E-state index in [9.17, 15) is 9.59 Å². The van der Waals surface area contributed by atoms with Crippen molar-refractivity contribution in [2.24, 2.45) is 0 Å². The van der Waals surface area contributed by atoms with Crippen LogP contribution in [0, 0.1) is 0 Å². The number of nitrogens with one attached hydrogen (secondary N) is 2. The Labute approximate surface area is 186 Å². The average Bonchev–Trinajstić information content (AvgIpc) is 3.17. The summed E-state index contributed by atoms with van der Waals surface area (Å²) in [5.74, 6) is -0.906. The number of hydrogen-bond acceptors (Lipinski definition) is 5. The zero-order chi connectivity index (χ0) is 20.0. The molecular weight excluding hydrogens is 518 g/mol. The van der Waals surface area contributed by atoms with Crippen molar-refractivity contribution >= 4 is 82.5 Å². The fraction of sp³-hybridized carbons (Fsp3) is 0. The fourth-order valence-corrected chi connectivity index (χ4v) is 7.27. The van der Waals surface area contributed by atoms with Crippen LogP contribution in [0.4, 0.5) is 15.1 Å². The monoisotopic (exact) mass is 533 g/mol. The summed E-state index contributed by atoms with van der Waals surface area (Å²) in [6.07, 6.45) is 1.69. The van der Waals surface area contributed by atoms with Gasteiger partial charge < -0.3 is 0 Å². The Kier molecular flexibility index (Phi) is 4.80. The molecule has 142 valence electrons. The van der Waals surface area contributed by atoms with Crippen molar-refractivity contribution in [2.45, 2.75) is 9.79 Å². The third-order valence-corrected chi connectivity index (χ3v) is 8.73. The summed E-state index contributed by atoms with van der Waals surface area (Å²) in [4.78, 5) is 29.0.